The molecule has 0 spiro atoms. The third-order valence-corrected chi connectivity index (χ3v) is 5.35. The Kier molecular flexibility index (Phi) is 2.30. The monoisotopic (exact) mass is 244 g/mol. The minimum absolute atomic E-state index is 0.355. The molecule has 1 fully saturated rings. The molecule has 0 saturated carbocycles. The average molecular weight is 244 g/mol. The molecule has 0 N–H and O–H groups in total. The molecule has 0 amide bonds. The van der Waals surface area contributed by atoms with Crippen molar-refractivity contribution in [3.05, 3.63) is 71.8 Å². The lowest BCUT2D eigenvalue weighted by atomic mass is 10.0. The van der Waals surface area contributed by atoms with Crippen LogP contribution >= 0.6 is 0 Å². The molecule has 0 aliphatic carbocycles. The first-order valence-electron chi connectivity index (χ1n) is 5.54. The van der Waals surface area contributed by atoms with Crippen LogP contribution in [0.15, 0.2) is 60.7 Å². The Morgan fingerprint density at radius 1 is 0.647 bits per heavy atom. The first kappa shape index (κ1) is 10.5. The van der Waals surface area contributed by atoms with E-state index in [1.54, 1.807) is 0 Å². The second kappa shape index (κ2) is 3.70. The van der Waals surface area contributed by atoms with Gasteiger partial charge < -0.3 is 0 Å². The van der Waals surface area contributed by atoms with E-state index in [0.29, 0.717) is 0 Å². The molecule has 2 atom stereocenters. The van der Waals surface area contributed by atoms with Gasteiger partial charge in [-0.3, -0.25) is 0 Å². The van der Waals surface area contributed by atoms with Crippen LogP contribution in [0.1, 0.15) is 21.6 Å². The lowest BCUT2D eigenvalue weighted by Gasteiger charge is -1.96. The van der Waals surface area contributed by atoms with Gasteiger partial charge in [-0.15, -0.1) is 0 Å². The highest BCUT2D eigenvalue weighted by molar-refractivity contribution is 7.98. The second-order valence-electron chi connectivity index (χ2n) is 4.25. The lowest BCUT2D eigenvalue weighted by molar-refractivity contribution is 0.611. The van der Waals surface area contributed by atoms with Crippen LogP contribution in [-0.2, 0) is 9.84 Å². The van der Waals surface area contributed by atoms with E-state index in [-0.39, 0.29) is 10.5 Å². The number of rotatable bonds is 2. The van der Waals surface area contributed by atoms with Gasteiger partial charge in [-0.25, -0.2) is 8.42 Å². The summed E-state index contributed by atoms with van der Waals surface area (Å²) in [5, 5.41) is -0.711. The zero-order valence-electron chi connectivity index (χ0n) is 9.15. The molecule has 2 aromatic carbocycles. The smallest absolute Gasteiger partial charge is 0.167 e. The van der Waals surface area contributed by atoms with E-state index in [4.69, 9.17) is 0 Å². The largest absolute Gasteiger partial charge is 0.227 e. The van der Waals surface area contributed by atoms with Crippen molar-refractivity contribution in [3.8, 4) is 0 Å². The summed E-state index contributed by atoms with van der Waals surface area (Å²) in [4.78, 5) is 0. The standard InChI is InChI=1S/C14H12O2S/c15-17(16)13(11-7-3-1-4-8-11)14(17)12-9-5-2-6-10-12/h1-10,13-14H/t13-,14+. The Morgan fingerprint density at radius 2 is 1.00 bits per heavy atom. The first-order valence-corrected chi connectivity index (χ1v) is 7.15. The topological polar surface area (TPSA) is 34.1 Å². The molecule has 0 bridgehead atoms. The van der Waals surface area contributed by atoms with Crippen molar-refractivity contribution < 1.29 is 8.42 Å². The van der Waals surface area contributed by atoms with Gasteiger partial charge in [0.05, 0.1) is 0 Å². The summed E-state index contributed by atoms with van der Waals surface area (Å²) in [5.41, 5.74) is 1.78. The minimum Gasteiger partial charge on any atom is -0.227 e. The van der Waals surface area contributed by atoms with Crippen LogP contribution in [0.3, 0.4) is 0 Å². The normalized spacial score (nSPS) is 25.4. The van der Waals surface area contributed by atoms with Gasteiger partial charge >= 0.3 is 0 Å². The highest BCUT2D eigenvalue weighted by Gasteiger charge is 2.58. The van der Waals surface area contributed by atoms with Gasteiger partial charge in [0.15, 0.2) is 9.84 Å². The van der Waals surface area contributed by atoms with Crippen LogP contribution in [0, 0.1) is 0 Å². The number of sulfone groups is 1. The van der Waals surface area contributed by atoms with Crippen LogP contribution < -0.4 is 0 Å². The molecule has 1 heterocycles. The zero-order valence-corrected chi connectivity index (χ0v) is 9.97. The maximum Gasteiger partial charge on any atom is 0.167 e. The molecule has 3 heteroatoms. The Morgan fingerprint density at radius 3 is 1.35 bits per heavy atom. The van der Waals surface area contributed by atoms with Gasteiger partial charge in [-0.2, -0.15) is 0 Å². The van der Waals surface area contributed by atoms with Gasteiger partial charge in [0.2, 0.25) is 0 Å². The van der Waals surface area contributed by atoms with E-state index >= 15 is 0 Å². The summed E-state index contributed by atoms with van der Waals surface area (Å²) < 4.78 is 24.0. The van der Waals surface area contributed by atoms with Crippen molar-refractivity contribution in [3.63, 3.8) is 0 Å². The lowest BCUT2D eigenvalue weighted by Crippen LogP contribution is -1.82. The Hall–Kier alpha value is -1.61. The molecule has 1 aliphatic rings. The van der Waals surface area contributed by atoms with Gasteiger partial charge in [0.25, 0.3) is 0 Å². The Bertz CT molecular complexity index is 566. The number of hydrogen-bond acceptors (Lipinski definition) is 2. The maximum atomic E-state index is 12.0. The first-order chi connectivity index (χ1) is 8.21. The quantitative estimate of drug-likeness (QED) is 0.761. The maximum absolute atomic E-state index is 12.0. The van der Waals surface area contributed by atoms with Crippen LogP contribution in [0.2, 0.25) is 0 Å². The summed E-state index contributed by atoms with van der Waals surface area (Å²) in [6, 6.07) is 18.8. The van der Waals surface area contributed by atoms with Gasteiger partial charge in [0.1, 0.15) is 10.5 Å². The summed E-state index contributed by atoms with van der Waals surface area (Å²) >= 11 is 0. The van der Waals surface area contributed by atoms with Crippen molar-refractivity contribution in [1.82, 2.24) is 0 Å². The number of hydrogen-bond donors (Lipinski definition) is 0. The summed E-state index contributed by atoms with van der Waals surface area (Å²) in [7, 11) is -3.00. The van der Waals surface area contributed by atoms with Crippen molar-refractivity contribution in [2.24, 2.45) is 0 Å². The number of benzene rings is 2. The molecule has 86 valence electrons. The summed E-state index contributed by atoms with van der Waals surface area (Å²) in [6.07, 6.45) is 0. The van der Waals surface area contributed by atoms with Crippen molar-refractivity contribution in [2.75, 3.05) is 0 Å². The molecule has 17 heavy (non-hydrogen) atoms. The minimum atomic E-state index is -3.00. The Balaban J connectivity index is 2.01. The molecule has 2 aromatic rings. The third-order valence-electron chi connectivity index (χ3n) is 3.16. The predicted molar refractivity (Wildman–Crippen MR) is 67.3 cm³/mol. The highest BCUT2D eigenvalue weighted by Crippen LogP contribution is 2.58. The molecular formula is C14H12O2S. The molecule has 1 aliphatic heterocycles. The van der Waals surface area contributed by atoms with E-state index in [2.05, 4.69) is 0 Å². The highest BCUT2D eigenvalue weighted by atomic mass is 32.2. The SMILES string of the molecule is O=S1(=O)[C@H](c2ccccc2)[C@@H]1c1ccccc1. The average Bonchev–Trinajstić information content (AvgIpc) is 2.94. The van der Waals surface area contributed by atoms with Gasteiger partial charge in [-0.1, -0.05) is 60.7 Å². The van der Waals surface area contributed by atoms with Crippen molar-refractivity contribution >= 4 is 9.84 Å². The molecule has 1 saturated heterocycles. The zero-order chi connectivity index (χ0) is 11.9. The van der Waals surface area contributed by atoms with Crippen LogP contribution in [0.4, 0.5) is 0 Å². The Labute approximate surface area is 101 Å². The summed E-state index contributed by atoms with van der Waals surface area (Å²) in [5.74, 6) is 0. The third kappa shape index (κ3) is 1.67. The van der Waals surface area contributed by atoms with Crippen LogP contribution in [0.5, 0.6) is 0 Å². The molecule has 3 rings (SSSR count). The molecule has 0 aromatic heterocycles. The van der Waals surface area contributed by atoms with E-state index in [9.17, 15) is 8.42 Å². The molecule has 0 unspecified atom stereocenters. The van der Waals surface area contributed by atoms with E-state index in [1.165, 1.54) is 0 Å². The fraction of sp³-hybridized carbons (Fsp3) is 0.143. The van der Waals surface area contributed by atoms with Crippen LogP contribution in [-0.4, -0.2) is 8.42 Å². The second-order valence-corrected chi connectivity index (χ2v) is 6.45. The predicted octanol–water partition coefficient (Wildman–Crippen LogP) is 2.90. The van der Waals surface area contributed by atoms with E-state index in [1.807, 2.05) is 60.7 Å². The summed E-state index contributed by atoms with van der Waals surface area (Å²) in [6.45, 7) is 0. The molecule has 2 nitrogen and oxygen atoms in total. The van der Waals surface area contributed by atoms with Gasteiger partial charge in [-0.05, 0) is 11.1 Å². The van der Waals surface area contributed by atoms with E-state index in [0.717, 1.165) is 11.1 Å². The molecular weight excluding hydrogens is 232 g/mol. The van der Waals surface area contributed by atoms with Crippen molar-refractivity contribution in [2.45, 2.75) is 10.5 Å². The van der Waals surface area contributed by atoms with Crippen LogP contribution in [0.25, 0.3) is 0 Å². The van der Waals surface area contributed by atoms with Crippen molar-refractivity contribution in [1.29, 1.82) is 0 Å². The fourth-order valence-electron chi connectivity index (χ4n) is 2.28. The van der Waals surface area contributed by atoms with E-state index < -0.39 is 9.84 Å². The van der Waals surface area contributed by atoms with Gasteiger partial charge in [0, 0.05) is 0 Å². The molecule has 0 radical (unpaired) electrons. The fourth-order valence-corrected chi connectivity index (χ4v) is 4.48.